The average Bonchev–Trinajstić information content (AvgIpc) is 2.54. The van der Waals surface area contributed by atoms with E-state index in [2.05, 4.69) is 36.2 Å². The molecule has 0 atom stereocenters. The van der Waals surface area contributed by atoms with Gasteiger partial charge >= 0.3 is 0 Å². The maximum absolute atomic E-state index is 10.0. The van der Waals surface area contributed by atoms with Crippen molar-refractivity contribution < 1.29 is 5.11 Å². The van der Waals surface area contributed by atoms with Crippen LogP contribution >= 0.6 is 0 Å². The normalized spacial score (nSPS) is 11.6. The van der Waals surface area contributed by atoms with Crippen LogP contribution in [0.4, 0.5) is 11.4 Å². The minimum absolute atomic E-state index is 0.140. The number of rotatable bonds is 3. The number of hydrogen-bond acceptors (Lipinski definition) is 3. The zero-order chi connectivity index (χ0) is 15.5. The van der Waals surface area contributed by atoms with Gasteiger partial charge in [-0.1, -0.05) is 56.3 Å². The van der Waals surface area contributed by atoms with Gasteiger partial charge in [0.2, 0.25) is 0 Å². The lowest BCUT2D eigenvalue weighted by molar-refractivity contribution is 0.477. The van der Waals surface area contributed by atoms with Crippen LogP contribution in [0, 0.1) is 0 Å². The van der Waals surface area contributed by atoms with Crippen LogP contribution in [-0.2, 0) is 0 Å². The summed E-state index contributed by atoms with van der Waals surface area (Å²) in [6, 6.07) is 19.4. The fourth-order valence-electron chi connectivity index (χ4n) is 2.38. The van der Waals surface area contributed by atoms with E-state index in [9.17, 15) is 5.11 Å². The second-order valence-electron chi connectivity index (χ2n) is 5.60. The van der Waals surface area contributed by atoms with Gasteiger partial charge in [0.15, 0.2) is 0 Å². The van der Waals surface area contributed by atoms with Crippen molar-refractivity contribution in [3.63, 3.8) is 0 Å². The number of fused-ring (bicyclic) bond motifs is 1. The standard InChI is InChI=1S/C19H18N2O/c1-13(2)14-7-10-16(11-8-14)20-21-19-17-6-4-3-5-15(17)9-12-18(19)22/h3-13,22H,1-2H3/b21-20+. The molecule has 1 N–H and O–H groups in total. The lowest BCUT2D eigenvalue weighted by atomic mass is 10.0. The number of phenols is 1. The summed E-state index contributed by atoms with van der Waals surface area (Å²) in [6.45, 7) is 4.31. The maximum atomic E-state index is 10.0. The third-order valence-electron chi connectivity index (χ3n) is 3.70. The first-order chi connectivity index (χ1) is 10.6. The van der Waals surface area contributed by atoms with Crippen LogP contribution in [0.3, 0.4) is 0 Å². The van der Waals surface area contributed by atoms with Crippen molar-refractivity contribution >= 4 is 22.1 Å². The first-order valence-corrected chi connectivity index (χ1v) is 7.37. The van der Waals surface area contributed by atoms with Gasteiger partial charge < -0.3 is 5.11 Å². The van der Waals surface area contributed by atoms with E-state index in [0.717, 1.165) is 16.5 Å². The number of nitrogens with zero attached hydrogens (tertiary/aromatic N) is 2. The lowest BCUT2D eigenvalue weighted by Crippen LogP contribution is -1.84. The van der Waals surface area contributed by atoms with Crippen molar-refractivity contribution in [1.29, 1.82) is 0 Å². The van der Waals surface area contributed by atoms with Crippen molar-refractivity contribution in [2.75, 3.05) is 0 Å². The summed E-state index contributed by atoms with van der Waals surface area (Å²) in [5, 5.41) is 20.5. The van der Waals surface area contributed by atoms with Gasteiger partial charge in [-0.25, -0.2) is 0 Å². The molecule has 0 bridgehead atoms. The molecule has 0 saturated heterocycles. The zero-order valence-corrected chi connectivity index (χ0v) is 12.7. The lowest BCUT2D eigenvalue weighted by Gasteiger charge is -2.05. The Morgan fingerprint density at radius 1 is 0.818 bits per heavy atom. The molecule has 0 fully saturated rings. The van der Waals surface area contributed by atoms with Crippen LogP contribution in [0.5, 0.6) is 5.75 Å². The highest BCUT2D eigenvalue weighted by atomic mass is 16.3. The number of azo groups is 1. The van der Waals surface area contributed by atoms with E-state index in [-0.39, 0.29) is 5.75 Å². The molecular formula is C19H18N2O. The number of aromatic hydroxyl groups is 1. The van der Waals surface area contributed by atoms with Gasteiger partial charge in [0.05, 0.1) is 5.69 Å². The highest BCUT2D eigenvalue weighted by Gasteiger charge is 2.05. The minimum atomic E-state index is 0.140. The van der Waals surface area contributed by atoms with Gasteiger partial charge in [-0.3, -0.25) is 0 Å². The summed E-state index contributed by atoms with van der Waals surface area (Å²) in [6.07, 6.45) is 0. The van der Waals surface area contributed by atoms with Crippen LogP contribution in [0.25, 0.3) is 10.8 Å². The van der Waals surface area contributed by atoms with Gasteiger partial charge in [0, 0.05) is 5.39 Å². The second-order valence-corrected chi connectivity index (χ2v) is 5.60. The van der Waals surface area contributed by atoms with Crippen molar-refractivity contribution in [1.82, 2.24) is 0 Å². The Bertz CT molecular complexity index is 820. The van der Waals surface area contributed by atoms with E-state index >= 15 is 0 Å². The Hall–Kier alpha value is -2.68. The maximum Gasteiger partial charge on any atom is 0.143 e. The van der Waals surface area contributed by atoms with E-state index in [1.807, 2.05) is 42.5 Å². The Labute approximate surface area is 130 Å². The molecule has 0 saturated carbocycles. The number of hydrogen-bond donors (Lipinski definition) is 1. The molecule has 3 heteroatoms. The van der Waals surface area contributed by atoms with Gasteiger partial charge in [-0.15, -0.1) is 5.11 Å². The first-order valence-electron chi connectivity index (χ1n) is 7.37. The van der Waals surface area contributed by atoms with Gasteiger partial charge in [-0.05, 0) is 35.1 Å². The molecule has 0 aliphatic heterocycles. The van der Waals surface area contributed by atoms with Gasteiger partial charge in [0.1, 0.15) is 11.4 Å². The Kier molecular flexibility index (Phi) is 3.88. The van der Waals surface area contributed by atoms with Crippen LogP contribution in [0.2, 0.25) is 0 Å². The topological polar surface area (TPSA) is 45.0 Å². The molecule has 3 nitrogen and oxygen atoms in total. The molecule has 0 radical (unpaired) electrons. The van der Waals surface area contributed by atoms with Crippen LogP contribution < -0.4 is 0 Å². The zero-order valence-electron chi connectivity index (χ0n) is 12.7. The summed E-state index contributed by atoms with van der Waals surface area (Å²) in [5.41, 5.74) is 2.55. The van der Waals surface area contributed by atoms with Crippen LogP contribution in [0.15, 0.2) is 70.9 Å². The predicted molar refractivity (Wildman–Crippen MR) is 90.3 cm³/mol. The molecule has 0 spiro atoms. The van der Waals surface area contributed by atoms with E-state index in [4.69, 9.17) is 0 Å². The van der Waals surface area contributed by atoms with Crippen LogP contribution in [-0.4, -0.2) is 5.11 Å². The predicted octanol–water partition coefficient (Wildman–Crippen LogP) is 6.08. The number of phenolic OH excluding ortho intramolecular Hbond substituents is 1. The van der Waals surface area contributed by atoms with Gasteiger partial charge in [-0.2, -0.15) is 5.11 Å². The molecule has 110 valence electrons. The fourth-order valence-corrected chi connectivity index (χ4v) is 2.38. The average molecular weight is 290 g/mol. The molecule has 0 aliphatic carbocycles. The van der Waals surface area contributed by atoms with Crippen molar-refractivity contribution in [3.8, 4) is 5.75 Å². The summed E-state index contributed by atoms with van der Waals surface area (Å²) in [7, 11) is 0. The van der Waals surface area contributed by atoms with Crippen molar-refractivity contribution in [2.24, 2.45) is 10.2 Å². The monoisotopic (exact) mass is 290 g/mol. The Morgan fingerprint density at radius 2 is 1.55 bits per heavy atom. The summed E-state index contributed by atoms with van der Waals surface area (Å²) in [4.78, 5) is 0. The van der Waals surface area contributed by atoms with Crippen LogP contribution in [0.1, 0.15) is 25.3 Å². The minimum Gasteiger partial charge on any atom is -0.506 e. The van der Waals surface area contributed by atoms with E-state index in [0.29, 0.717) is 11.6 Å². The molecule has 3 aromatic carbocycles. The number of benzene rings is 3. The largest absolute Gasteiger partial charge is 0.506 e. The Balaban J connectivity index is 1.97. The molecular weight excluding hydrogens is 272 g/mol. The second kappa shape index (κ2) is 5.98. The first kappa shape index (κ1) is 14.3. The third kappa shape index (κ3) is 2.84. The molecule has 3 aromatic rings. The molecule has 3 rings (SSSR count). The Morgan fingerprint density at radius 3 is 2.27 bits per heavy atom. The highest BCUT2D eigenvalue weighted by Crippen LogP contribution is 2.36. The van der Waals surface area contributed by atoms with Crippen molar-refractivity contribution in [3.05, 3.63) is 66.2 Å². The summed E-state index contributed by atoms with van der Waals surface area (Å²) in [5.74, 6) is 0.634. The van der Waals surface area contributed by atoms with Gasteiger partial charge in [0.25, 0.3) is 0 Å². The molecule has 0 aliphatic rings. The molecule has 0 unspecified atom stereocenters. The molecule has 0 heterocycles. The third-order valence-corrected chi connectivity index (χ3v) is 3.70. The summed E-state index contributed by atoms with van der Waals surface area (Å²) < 4.78 is 0. The summed E-state index contributed by atoms with van der Waals surface area (Å²) >= 11 is 0. The molecule has 22 heavy (non-hydrogen) atoms. The molecule has 0 amide bonds. The quantitative estimate of drug-likeness (QED) is 0.583. The SMILES string of the molecule is CC(C)c1ccc(/N=N/c2c(O)ccc3ccccc23)cc1. The smallest absolute Gasteiger partial charge is 0.143 e. The van der Waals surface area contributed by atoms with E-state index in [1.165, 1.54) is 5.56 Å². The fraction of sp³-hybridized carbons (Fsp3) is 0.158. The van der Waals surface area contributed by atoms with Crippen molar-refractivity contribution in [2.45, 2.75) is 19.8 Å². The highest BCUT2D eigenvalue weighted by molar-refractivity contribution is 5.95. The van der Waals surface area contributed by atoms with E-state index in [1.54, 1.807) is 6.07 Å². The molecule has 0 aromatic heterocycles. The van der Waals surface area contributed by atoms with E-state index < -0.39 is 0 Å².